The van der Waals surface area contributed by atoms with E-state index in [9.17, 15) is 0 Å². The zero-order valence-electron chi connectivity index (χ0n) is 12.3. The van der Waals surface area contributed by atoms with E-state index in [1.54, 1.807) is 0 Å². The van der Waals surface area contributed by atoms with Gasteiger partial charge in [0, 0.05) is 37.8 Å². The van der Waals surface area contributed by atoms with Gasteiger partial charge in [-0.25, -0.2) is 0 Å². The molecule has 3 saturated heterocycles. The predicted molar refractivity (Wildman–Crippen MR) is 77.1 cm³/mol. The van der Waals surface area contributed by atoms with Crippen molar-refractivity contribution in [1.29, 1.82) is 0 Å². The summed E-state index contributed by atoms with van der Waals surface area (Å²) < 4.78 is 5.54. The molecule has 3 heterocycles. The normalized spacial score (nSPS) is 36.9. The summed E-state index contributed by atoms with van der Waals surface area (Å²) >= 11 is 0. The van der Waals surface area contributed by atoms with Gasteiger partial charge in [0.2, 0.25) is 0 Å². The minimum Gasteiger partial charge on any atom is -0.381 e. The van der Waals surface area contributed by atoms with Crippen LogP contribution in [0.1, 0.15) is 32.6 Å². The molecular formula is C15H29N3O. The molecule has 3 rings (SSSR count). The fraction of sp³-hybridized carbons (Fsp3) is 1.00. The first-order valence-electron chi connectivity index (χ1n) is 8.05. The molecule has 19 heavy (non-hydrogen) atoms. The van der Waals surface area contributed by atoms with Gasteiger partial charge in [0.15, 0.2) is 0 Å². The third-order valence-electron chi connectivity index (χ3n) is 5.51. The quantitative estimate of drug-likeness (QED) is 0.825. The number of nitrogens with zero attached hydrogens (tertiary/aromatic N) is 2. The van der Waals surface area contributed by atoms with E-state index in [1.807, 2.05) is 0 Å². The van der Waals surface area contributed by atoms with Crippen molar-refractivity contribution >= 4 is 0 Å². The molecule has 3 aliphatic heterocycles. The smallest absolute Gasteiger partial charge is 0.0509 e. The van der Waals surface area contributed by atoms with Crippen LogP contribution in [-0.4, -0.2) is 67.3 Å². The van der Waals surface area contributed by atoms with E-state index >= 15 is 0 Å². The summed E-state index contributed by atoms with van der Waals surface area (Å²) in [6.45, 7) is 9.28. The molecule has 0 radical (unpaired) electrons. The van der Waals surface area contributed by atoms with Gasteiger partial charge >= 0.3 is 0 Å². The first-order chi connectivity index (χ1) is 9.24. The molecule has 0 bridgehead atoms. The van der Waals surface area contributed by atoms with Crippen LogP contribution in [0.2, 0.25) is 0 Å². The molecule has 0 aromatic rings. The Bertz CT molecular complexity index is 285. The highest BCUT2D eigenvalue weighted by molar-refractivity contribution is 4.90. The van der Waals surface area contributed by atoms with Crippen molar-refractivity contribution in [3.63, 3.8) is 0 Å². The van der Waals surface area contributed by atoms with E-state index in [2.05, 4.69) is 16.7 Å². The lowest BCUT2D eigenvalue weighted by atomic mass is 9.99. The Morgan fingerprint density at radius 2 is 1.89 bits per heavy atom. The highest BCUT2D eigenvalue weighted by Crippen LogP contribution is 2.26. The summed E-state index contributed by atoms with van der Waals surface area (Å²) in [5.41, 5.74) is 6.00. The van der Waals surface area contributed by atoms with Crippen LogP contribution in [0.5, 0.6) is 0 Å². The summed E-state index contributed by atoms with van der Waals surface area (Å²) in [5.74, 6) is 0.758. The fourth-order valence-corrected chi connectivity index (χ4v) is 3.95. The fourth-order valence-electron chi connectivity index (χ4n) is 3.95. The molecule has 0 saturated carbocycles. The number of nitrogens with two attached hydrogens (primary N) is 1. The molecule has 0 aromatic heterocycles. The second-order valence-electron chi connectivity index (χ2n) is 6.68. The van der Waals surface area contributed by atoms with E-state index in [-0.39, 0.29) is 0 Å². The molecule has 0 aliphatic carbocycles. The van der Waals surface area contributed by atoms with Gasteiger partial charge in [0.1, 0.15) is 0 Å². The molecule has 0 spiro atoms. The monoisotopic (exact) mass is 267 g/mol. The Morgan fingerprint density at radius 3 is 2.58 bits per heavy atom. The molecule has 0 aromatic carbocycles. The van der Waals surface area contributed by atoms with Gasteiger partial charge in [-0.2, -0.15) is 0 Å². The number of ether oxygens (including phenoxy) is 1. The third kappa shape index (κ3) is 3.13. The molecule has 3 aliphatic rings. The van der Waals surface area contributed by atoms with E-state index < -0.39 is 0 Å². The number of piperidine rings is 1. The van der Waals surface area contributed by atoms with Crippen molar-refractivity contribution in [2.24, 2.45) is 11.7 Å². The van der Waals surface area contributed by atoms with Crippen LogP contribution in [0.4, 0.5) is 0 Å². The first kappa shape index (κ1) is 13.8. The van der Waals surface area contributed by atoms with Gasteiger partial charge < -0.3 is 10.5 Å². The number of hydrogen-bond donors (Lipinski definition) is 1. The third-order valence-corrected chi connectivity index (χ3v) is 5.51. The van der Waals surface area contributed by atoms with E-state index in [4.69, 9.17) is 10.5 Å². The van der Waals surface area contributed by atoms with Gasteiger partial charge in [-0.15, -0.1) is 0 Å². The van der Waals surface area contributed by atoms with Crippen molar-refractivity contribution in [1.82, 2.24) is 9.80 Å². The minimum atomic E-state index is 0.448. The number of rotatable bonds is 3. The van der Waals surface area contributed by atoms with Crippen LogP contribution in [0.25, 0.3) is 0 Å². The van der Waals surface area contributed by atoms with Gasteiger partial charge in [-0.05, 0) is 51.6 Å². The maximum absolute atomic E-state index is 6.00. The minimum absolute atomic E-state index is 0.448. The summed E-state index contributed by atoms with van der Waals surface area (Å²) in [6, 6.07) is 1.92. The number of likely N-dealkylation sites (tertiary alicyclic amines) is 2. The Labute approximate surface area is 117 Å². The molecule has 3 atom stereocenters. The van der Waals surface area contributed by atoms with Crippen molar-refractivity contribution in [3.8, 4) is 0 Å². The second-order valence-corrected chi connectivity index (χ2v) is 6.68. The second kappa shape index (κ2) is 6.08. The largest absolute Gasteiger partial charge is 0.381 e. The van der Waals surface area contributed by atoms with Crippen LogP contribution < -0.4 is 5.73 Å². The zero-order chi connectivity index (χ0) is 13.2. The van der Waals surface area contributed by atoms with Gasteiger partial charge in [-0.1, -0.05) is 0 Å². The maximum Gasteiger partial charge on any atom is 0.0509 e. The van der Waals surface area contributed by atoms with Crippen molar-refractivity contribution in [2.75, 3.05) is 39.4 Å². The molecule has 4 heteroatoms. The molecular weight excluding hydrogens is 238 g/mol. The maximum atomic E-state index is 6.00. The van der Waals surface area contributed by atoms with Crippen LogP contribution in [0.3, 0.4) is 0 Å². The summed E-state index contributed by atoms with van der Waals surface area (Å²) in [7, 11) is 0. The summed E-state index contributed by atoms with van der Waals surface area (Å²) in [6.07, 6.45) is 4.96. The van der Waals surface area contributed by atoms with Crippen molar-refractivity contribution < 1.29 is 4.74 Å². The summed E-state index contributed by atoms with van der Waals surface area (Å²) in [5, 5.41) is 0. The van der Waals surface area contributed by atoms with Crippen molar-refractivity contribution in [2.45, 2.75) is 50.7 Å². The average molecular weight is 267 g/mol. The van der Waals surface area contributed by atoms with E-state index in [1.165, 1.54) is 51.9 Å². The molecule has 3 unspecified atom stereocenters. The molecule has 2 N–H and O–H groups in total. The first-order valence-corrected chi connectivity index (χ1v) is 8.05. The molecule has 3 fully saturated rings. The predicted octanol–water partition coefficient (Wildman–Crippen LogP) is 0.909. The van der Waals surface area contributed by atoms with Crippen LogP contribution in [0, 0.1) is 5.92 Å². The van der Waals surface area contributed by atoms with Crippen molar-refractivity contribution in [3.05, 3.63) is 0 Å². The topological polar surface area (TPSA) is 41.7 Å². The molecule has 4 nitrogen and oxygen atoms in total. The lowest BCUT2D eigenvalue weighted by Crippen LogP contribution is -2.47. The lowest BCUT2D eigenvalue weighted by molar-refractivity contribution is 0.122. The number of hydrogen-bond acceptors (Lipinski definition) is 4. The standard InChI is InChI=1S/C15H29N3O/c1-12(13-5-9-19-11-13)18-8-4-15(10-18)17-6-2-14(16)3-7-17/h12-15H,2-11,16H2,1H3. The van der Waals surface area contributed by atoms with Crippen LogP contribution in [0.15, 0.2) is 0 Å². The van der Waals surface area contributed by atoms with Gasteiger partial charge in [0.25, 0.3) is 0 Å². The molecule has 0 amide bonds. The van der Waals surface area contributed by atoms with Gasteiger partial charge in [-0.3, -0.25) is 9.80 Å². The SMILES string of the molecule is CC(C1CCOC1)N1CCC(N2CCC(N)CC2)C1. The highest BCUT2D eigenvalue weighted by Gasteiger charge is 2.35. The molecule has 110 valence electrons. The van der Waals surface area contributed by atoms with E-state index in [0.29, 0.717) is 12.1 Å². The Morgan fingerprint density at radius 1 is 1.11 bits per heavy atom. The lowest BCUT2D eigenvalue weighted by Gasteiger charge is -2.35. The summed E-state index contributed by atoms with van der Waals surface area (Å²) in [4.78, 5) is 5.37. The van der Waals surface area contributed by atoms with E-state index in [0.717, 1.165) is 25.2 Å². The average Bonchev–Trinajstić information content (AvgIpc) is 3.10. The van der Waals surface area contributed by atoms with Gasteiger partial charge in [0.05, 0.1) is 6.61 Å². The Kier molecular flexibility index (Phi) is 4.42. The highest BCUT2D eigenvalue weighted by atomic mass is 16.5. The van der Waals surface area contributed by atoms with Crippen LogP contribution >= 0.6 is 0 Å². The Balaban J connectivity index is 1.49. The zero-order valence-corrected chi connectivity index (χ0v) is 12.3. The Hall–Kier alpha value is -0.160. The van der Waals surface area contributed by atoms with Crippen LogP contribution in [-0.2, 0) is 4.74 Å².